The van der Waals surface area contributed by atoms with E-state index in [9.17, 15) is 18.0 Å². The highest BCUT2D eigenvalue weighted by atomic mass is 19.4. The summed E-state index contributed by atoms with van der Waals surface area (Å²) >= 11 is 0. The van der Waals surface area contributed by atoms with Crippen molar-refractivity contribution in [3.8, 4) is 0 Å². The van der Waals surface area contributed by atoms with Crippen LogP contribution in [0.1, 0.15) is 12.1 Å². The van der Waals surface area contributed by atoms with Gasteiger partial charge in [0, 0.05) is 18.3 Å². The molecule has 0 aromatic carbocycles. The number of aryl methyl sites for hydroxylation is 1. The third-order valence-electron chi connectivity index (χ3n) is 2.48. The highest BCUT2D eigenvalue weighted by Gasteiger charge is 2.41. The maximum absolute atomic E-state index is 12.5. The fourth-order valence-corrected chi connectivity index (χ4v) is 1.68. The van der Waals surface area contributed by atoms with Gasteiger partial charge in [-0.25, -0.2) is 4.98 Å². The lowest BCUT2D eigenvalue weighted by Crippen LogP contribution is -2.44. The second kappa shape index (κ2) is 3.50. The number of nitrogens with zero attached hydrogens (tertiary/aromatic N) is 2. The van der Waals surface area contributed by atoms with Crippen molar-refractivity contribution in [3.63, 3.8) is 0 Å². The summed E-state index contributed by atoms with van der Waals surface area (Å²) in [5.74, 6) is -0.00132. The highest BCUT2D eigenvalue weighted by molar-refractivity contribution is 5.31. The van der Waals surface area contributed by atoms with Crippen LogP contribution in [0.25, 0.3) is 0 Å². The van der Waals surface area contributed by atoms with Gasteiger partial charge in [-0.3, -0.25) is 9.36 Å². The van der Waals surface area contributed by atoms with E-state index in [4.69, 9.17) is 0 Å². The molecule has 7 heteroatoms. The summed E-state index contributed by atoms with van der Waals surface area (Å²) in [4.78, 5) is 15.3. The average molecular weight is 233 g/mol. The van der Waals surface area contributed by atoms with Gasteiger partial charge in [-0.05, 0) is 13.3 Å². The van der Waals surface area contributed by atoms with E-state index in [1.165, 1.54) is 10.6 Å². The standard InChI is InChI=1S/C9H10F3N3O/c1-5-4-7(16)15-3-2-6(9(10,11)12)14-8(15)13-5/h4,6H,2-3H2,1H3,(H,13,14). The number of anilines is 1. The molecule has 0 aliphatic carbocycles. The number of hydrogen-bond donors (Lipinski definition) is 1. The smallest absolute Gasteiger partial charge is 0.344 e. The summed E-state index contributed by atoms with van der Waals surface area (Å²) in [6.07, 6.45) is -4.46. The quantitative estimate of drug-likeness (QED) is 0.734. The Balaban J connectivity index is 2.37. The minimum atomic E-state index is -4.31. The van der Waals surface area contributed by atoms with Gasteiger partial charge < -0.3 is 5.32 Å². The van der Waals surface area contributed by atoms with Crippen LogP contribution in [-0.2, 0) is 6.54 Å². The van der Waals surface area contributed by atoms with Crippen LogP contribution in [0, 0.1) is 6.92 Å². The van der Waals surface area contributed by atoms with Crippen molar-refractivity contribution in [2.75, 3.05) is 5.32 Å². The molecule has 88 valence electrons. The molecule has 1 aromatic heterocycles. The van der Waals surface area contributed by atoms with Crippen molar-refractivity contribution in [2.45, 2.75) is 32.1 Å². The van der Waals surface area contributed by atoms with E-state index in [2.05, 4.69) is 10.3 Å². The van der Waals surface area contributed by atoms with Crippen LogP contribution < -0.4 is 10.9 Å². The van der Waals surface area contributed by atoms with Crippen LogP contribution in [0.3, 0.4) is 0 Å². The van der Waals surface area contributed by atoms with Crippen molar-refractivity contribution in [3.05, 3.63) is 22.1 Å². The Bertz CT molecular complexity index is 466. The fraction of sp³-hybridized carbons (Fsp3) is 0.556. The number of rotatable bonds is 0. The molecular weight excluding hydrogens is 223 g/mol. The first-order chi connectivity index (χ1) is 7.38. The van der Waals surface area contributed by atoms with E-state index in [1.807, 2.05) is 0 Å². The first kappa shape index (κ1) is 11.0. The van der Waals surface area contributed by atoms with Gasteiger partial charge in [0.2, 0.25) is 5.95 Å². The summed E-state index contributed by atoms with van der Waals surface area (Å²) in [6.45, 7) is 1.61. The Labute approximate surface area is 89.1 Å². The highest BCUT2D eigenvalue weighted by Crippen LogP contribution is 2.28. The normalized spacial score (nSPS) is 20.1. The largest absolute Gasteiger partial charge is 0.408 e. The third kappa shape index (κ3) is 1.89. The monoisotopic (exact) mass is 233 g/mol. The zero-order valence-electron chi connectivity index (χ0n) is 8.51. The minimum Gasteiger partial charge on any atom is -0.344 e. The lowest BCUT2D eigenvalue weighted by Gasteiger charge is -2.28. The van der Waals surface area contributed by atoms with Crippen molar-refractivity contribution in [2.24, 2.45) is 0 Å². The molecule has 0 spiro atoms. The van der Waals surface area contributed by atoms with Gasteiger partial charge in [-0.15, -0.1) is 0 Å². The molecular formula is C9H10F3N3O. The van der Waals surface area contributed by atoms with Crippen LogP contribution in [0.5, 0.6) is 0 Å². The second-order valence-electron chi connectivity index (χ2n) is 3.74. The molecule has 0 amide bonds. The maximum atomic E-state index is 12.5. The molecule has 4 nitrogen and oxygen atoms in total. The topological polar surface area (TPSA) is 46.9 Å². The van der Waals surface area contributed by atoms with E-state index in [0.717, 1.165) is 0 Å². The van der Waals surface area contributed by atoms with E-state index in [0.29, 0.717) is 5.69 Å². The van der Waals surface area contributed by atoms with Gasteiger partial charge >= 0.3 is 6.18 Å². The molecule has 1 aromatic rings. The lowest BCUT2D eigenvalue weighted by atomic mass is 10.1. The van der Waals surface area contributed by atoms with Crippen LogP contribution in [0.2, 0.25) is 0 Å². The molecule has 0 bridgehead atoms. The maximum Gasteiger partial charge on any atom is 0.408 e. The minimum absolute atomic E-state index is 0.00132. The Morgan fingerprint density at radius 2 is 2.25 bits per heavy atom. The van der Waals surface area contributed by atoms with Crippen molar-refractivity contribution >= 4 is 5.95 Å². The molecule has 1 N–H and O–H groups in total. The van der Waals surface area contributed by atoms with Crippen LogP contribution in [0.15, 0.2) is 10.9 Å². The summed E-state index contributed by atoms with van der Waals surface area (Å²) in [7, 11) is 0. The molecule has 0 radical (unpaired) electrons. The number of aromatic nitrogens is 2. The van der Waals surface area contributed by atoms with Crippen LogP contribution in [0.4, 0.5) is 19.1 Å². The molecule has 1 aliphatic rings. The van der Waals surface area contributed by atoms with Gasteiger partial charge in [-0.2, -0.15) is 13.2 Å². The number of hydrogen-bond acceptors (Lipinski definition) is 3. The SMILES string of the molecule is Cc1cc(=O)n2c(n1)NC(C(F)(F)F)CC2. The van der Waals surface area contributed by atoms with E-state index in [-0.39, 0.29) is 24.5 Å². The summed E-state index contributed by atoms with van der Waals surface area (Å²) in [5, 5.41) is 2.25. The summed E-state index contributed by atoms with van der Waals surface area (Å²) < 4.78 is 38.6. The average Bonchev–Trinajstić information content (AvgIpc) is 2.15. The first-order valence-electron chi connectivity index (χ1n) is 4.79. The lowest BCUT2D eigenvalue weighted by molar-refractivity contribution is -0.145. The second-order valence-corrected chi connectivity index (χ2v) is 3.74. The Kier molecular flexibility index (Phi) is 2.40. The molecule has 0 saturated carbocycles. The molecule has 2 rings (SSSR count). The predicted molar refractivity (Wildman–Crippen MR) is 51.3 cm³/mol. The predicted octanol–water partition coefficient (Wildman–Crippen LogP) is 1.30. The summed E-state index contributed by atoms with van der Waals surface area (Å²) in [5.41, 5.74) is 0.0854. The van der Waals surface area contributed by atoms with Crippen molar-refractivity contribution in [1.29, 1.82) is 0 Å². The molecule has 1 aliphatic heterocycles. The Morgan fingerprint density at radius 1 is 1.56 bits per heavy atom. The Hall–Kier alpha value is -1.53. The first-order valence-corrected chi connectivity index (χ1v) is 4.79. The van der Waals surface area contributed by atoms with Gasteiger partial charge in [0.15, 0.2) is 0 Å². The van der Waals surface area contributed by atoms with Crippen LogP contribution >= 0.6 is 0 Å². The molecule has 0 saturated heterocycles. The molecule has 0 fully saturated rings. The zero-order chi connectivity index (χ0) is 11.9. The number of nitrogens with one attached hydrogen (secondary N) is 1. The van der Waals surface area contributed by atoms with E-state index >= 15 is 0 Å². The number of alkyl halides is 3. The molecule has 2 heterocycles. The molecule has 16 heavy (non-hydrogen) atoms. The number of fused-ring (bicyclic) bond motifs is 1. The molecule has 1 atom stereocenters. The van der Waals surface area contributed by atoms with Crippen LogP contribution in [-0.4, -0.2) is 21.8 Å². The fourth-order valence-electron chi connectivity index (χ4n) is 1.68. The van der Waals surface area contributed by atoms with E-state index in [1.54, 1.807) is 6.92 Å². The Morgan fingerprint density at radius 3 is 2.88 bits per heavy atom. The van der Waals surface area contributed by atoms with Crippen molar-refractivity contribution in [1.82, 2.24) is 9.55 Å². The zero-order valence-corrected chi connectivity index (χ0v) is 8.51. The van der Waals surface area contributed by atoms with E-state index < -0.39 is 12.2 Å². The number of halogens is 3. The van der Waals surface area contributed by atoms with Gasteiger partial charge in [0.05, 0.1) is 0 Å². The van der Waals surface area contributed by atoms with Gasteiger partial charge in [-0.1, -0.05) is 0 Å². The van der Waals surface area contributed by atoms with Crippen molar-refractivity contribution < 1.29 is 13.2 Å². The van der Waals surface area contributed by atoms with Gasteiger partial charge in [0.25, 0.3) is 5.56 Å². The third-order valence-corrected chi connectivity index (χ3v) is 2.48. The molecule has 1 unspecified atom stereocenters. The van der Waals surface area contributed by atoms with Gasteiger partial charge in [0.1, 0.15) is 6.04 Å². The summed E-state index contributed by atoms with van der Waals surface area (Å²) in [6, 6.07) is -0.319.